The number of rotatable bonds is 3. The first-order valence-electron chi connectivity index (χ1n) is 12.1. The number of piperidine rings is 1. The highest BCUT2D eigenvalue weighted by molar-refractivity contribution is 6.07. The highest BCUT2D eigenvalue weighted by Crippen LogP contribution is 2.34. The Morgan fingerprint density at radius 3 is 2.50 bits per heavy atom. The second kappa shape index (κ2) is 8.56. The Morgan fingerprint density at radius 2 is 1.62 bits per heavy atom. The van der Waals surface area contributed by atoms with Gasteiger partial charge in [0.2, 0.25) is 5.91 Å². The maximum absolute atomic E-state index is 13.5. The van der Waals surface area contributed by atoms with Gasteiger partial charge in [-0.25, -0.2) is 0 Å². The van der Waals surface area contributed by atoms with Gasteiger partial charge in [-0.3, -0.25) is 14.0 Å². The summed E-state index contributed by atoms with van der Waals surface area (Å²) < 4.78 is 1.99. The van der Waals surface area contributed by atoms with Crippen LogP contribution in [0, 0.1) is 5.92 Å². The third-order valence-electron chi connectivity index (χ3n) is 7.33. The predicted octanol–water partition coefficient (Wildman–Crippen LogP) is 4.10. The first-order valence-corrected chi connectivity index (χ1v) is 12.1. The molecule has 2 aliphatic rings. The molecule has 172 valence electrons. The minimum Gasteiger partial charge on any atom is -0.339 e. The van der Waals surface area contributed by atoms with E-state index < -0.39 is 0 Å². The van der Waals surface area contributed by atoms with Crippen LogP contribution in [0.3, 0.4) is 0 Å². The van der Waals surface area contributed by atoms with Crippen LogP contribution in [0.5, 0.6) is 0 Å². The van der Waals surface area contributed by atoms with Gasteiger partial charge in [0.05, 0.1) is 6.04 Å². The number of pyridine rings is 1. The fourth-order valence-electron chi connectivity index (χ4n) is 5.53. The van der Waals surface area contributed by atoms with Crippen molar-refractivity contribution in [2.45, 2.75) is 31.7 Å². The lowest BCUT2D eigenvalue weighted by atomic mass is 9.94. The van der Waals surface area contributed by atoms with Crippen molar-refractivity contribution in [3.05, 3.63) is 78.2 Å². The average Bonchev–Trinajstić information content (AvgIpc) is 3.55. The van der Waals surface area contributed by atoms with Gasteiger partial charge in [-0.1, -0.05) is 42.5 Å². The van der Waals surface area contributed by atoms with Gasteiger partial charge in [0.15, 0.2) is 11.5 Å². The summed E-state index contributed by atoms with van der Waals surface area (Å²) in [4.78, 5) is 30.7. The van der Waals surface area contributed by atoms with Crippen LogP contribution in [-0.2, 0) is 4.79 Å². The van der Waals surface area contributed by atoms with Crippen molar-refractivity contribution in [2.24, 2.45) is 5.92 Å². The summed E-state index contributed by atoms with van der Waals surface area (Å²) in [6, 6.07) is 19.7. The quantitative estimate of drug-likeness (QED) is 0.468. The lowest BCUT2D eigenvalue weighted by Gasteiger charge is -2.34. The molecule has 4 aromatic rings. The second-order valence-corrected chi connectivity index (χ2v) is 9.27. The Kier molecular flexibility index (Phi) is 5.24. The van der Waals surface area contributed by atoms with E-state index >= 15 is 0 Å². The Balaban J connectivity index is 1.15. The van der Waals surface area contributed by atoms with Gasteiger partial charge in [0.25, 0.3) is 5.91 Å². The molecule has 1 unspecified atom stereocenters. The summed E-state index contributed by atoms with van der Waals surface area (Å²) in [6.07, 6.45) is 5.22. The van der Waals surface area contributed by atoms with Gasteiger partial charge >= 0.3 is 0 Å². The summed E-state index contributed by atoms with van der Waals surface area (Å²) >= 11 is 0. The van der Waals surface area contributed by atoms with Crippen molar-refractivity contribution in [1.29, 1.82) is 0 Å². The zero-order valence-corrected chi connectivity index (χ0v) is 19.0. The second-order valence-electron chi connectivity index (χ2n) is 9.27. The van der Waals surface area contributed by atoms with E-state index in [2.05, 4.69) is 10.2 Å². The number of carbonyl (C=O) groups is 2. The monoisotopic (exact) mass is 453 g/mol. The van der Waals surface area contributed by atoms with Gasteiger partial charge in [-0.15, -0.1) is 10.2 Å². The summed E-state index contributed by atoms with van der Waals surface area (Å²) in [5.41, 5.74) is 1.54. The molecule has 6 rings (SSSR count). The lowest BCUT2D eigenvalue weighted by Crippen LogP contribution is -2.44. The third-order valence-corrected chi connectivity index (χ3v) is 7.33. The predicted molar refractivity (Wildman–Crippen MR) is 129 cm³/mol. The van der Waals surface area contributed by atoms with E-state index in [4.69, 9.17) is 0 Å². The molecule has 2 fully saturated rings. The number of benzene rings is 2. The van der Waals surface area contributed by atoms with Gasteiger partial charge in [-0.05, 0) is 54.7 Å². The van der Waals surface area contributed by atoms with Crippen molar-refractivity contribution in [3.63, 3.8) is 0 Å². The maximum atomic E-state index is 13.5. The summed E-state index contributed by atoms with van der Waals surface area (Å²) in [5, 5.41) is 10.7. The molecule has 2 saturated heterocycles. The number of nitrogens with zero attached hydrogens (tertiary/aromatic N) is 5. The van der Waals surface area contributed by atoms with E-state index in [-0.39, 0.29) is 23.8 Å². The van der Waals surface area contributed by atoms with Crippen LogP contribution in [0.15, 0.2) is 66.9 Å². The molecule has 7 heteroatoms. The molecule has 0 aliphatic carbocycles. The molecule has 4 heterocycles. The molecule has 7 nitrogen and oxygen atoms in total. The molecule has 2 aromatic carbocycles. The Bertz CT molecular complexity index is 1370. The Labute approximate surface area is 198 Å². The minimum atomic E-state index is -0.0589. The average molecular weight is 454 g/mol. The molecule has 2 aromatic heterocycles. The topological polar surface area (TPSA) is 70.8 Å². The van der Waals surface area contributed by atoms with Crippen LogP contribution in [0.1, 0.15) is 47.9 Å². The first kappa shape index (κ1) is 20.8. The molecular weight excluding hydrogens is 426 g/mol. The van der Waals surface area contributed by atoms with Crippen LogP contribution in [0.25, 0.3) is 16.4 Å². The van der Waals surface area contributed by atoms with E-state index in [1.54, 1.807) is 0 Å². The number of aromatic nitrogens is 3. The number of hydrogen-bond acceptors (Lipinski definition) is 4. The zero-order chi connectivity index (χ0) is 23.1. The maximum Gasteiger partial charge on any atom is 0.254 e. The van der Waals surface area contributed by atoms with E-state index in [1.165, 1.54) is 0 Å². The smallest absolute Gasteiger partial charge is 0.254 e. The van der Waals surface area contributed by atoms with Crippen molar-refractivity contribution < 1.29 is 9.59 Å². The van der Waals surface area contributed by atoms with E-state index in [0.717, 1.165) is 47.2 Å². The minimum absolute atomic E-state index is 0.0414. The third kappa shape index (κ3) is 3.52. The fourth-order valence-corrected chi connectivity index (χ4v) is 5.53. The van der Waals surface area contributed by atoms with Crippen LogP contribution < -0.4 is 0 Å². The normalized spacial score (nSPS) is 19.2. The van der Waals surface area contributed by atoms with Gasteiger partial charge in [0, 0.05) is 37.3 Å². The number of hydrogen-bond donors (Lipinski definition) is 0. The van der Waals surface area contributed by atoms with Crippen LogP contribution in [0.4, 0.5) is 0 Å². The summed E-state index contributed by atoms with van der Waals surface area (Å²) in [7, 11) is 0. The molecule has 0 radical (unpaired) electrons. The number of amides is 2. The van der Waals surface area contributed by atoms with E-state index in [0.29, 0.717) is 25.9 Å². The molecular formula is C27H27N5O2. The first-order chi connectivity index (χ1) is 16.7. The van der Waals surface area contributed by atoms with Crippen LogP contribution in [0.2, 0.25) is 0 Å². The molecule has 34 heavy (non-hydrogen) atoms. The summed E-state index contributed by atoms with van der Waals surface area (Å²) in [5.74, 6) is 1.02. The van der Waals surface area contributed by atoms with E-state index in [1.807, 2.05) is 81.1 Å². The van der Waals surface area contributed by atoms with Gasteiger partial charge in [-0.2, -0.15) is 0 Å². The lowest BCUT2D eigenvalue weighted by molar-refractivity contribution is -0.138. The molecule has 2 amide bonds. The SMILES string of the molecule is O=C(c1cccc2ccccc12)N1CCC(C(=O)N2CCCC2c2nnc3ccccn23)CC1. The number of carbonyl (C=O) groups excluding carboxylic acids is 2. The highest BCUT2D eigenvalue weighted by Gasteiger charge is 2.38. The highest BCUT2D eigenvalue weighted by atomic mass is 16.2. The molecule has 1 atom stereocenters. The van der Waals surface area contributed by atoms with Gasteiger partial charge in [0.1, 0.15) is 0 Å². The molecule has 2 aliphatic heterocycles. The zero-order valence-electron chi connectivity index (χ0n) is 19.0. The van der Waals surface area contributed by atoms with Gasteiger partial charge < -0.3 is 9.80 Å². The fraction of sp³-hybridized carbons (Fsp3) is 0.333. The molecule has 0 spiro atoms. The molecule has 0 N–H and O–H groups in total. The molecule has 0 saturated carbocycles. The standard InChI is InChI=1S/C27H27N5O2/c33-26(31-16-6-11-23(31)25-29-28-24-12-3-4-15-32(24)25)20-13-17-30(18-14-20)27(34)22-10-5-8-19-7-1-2-9-21(19)22/h1-5,7-10,12,15,20,23H,6,11,13-14,16-18H2. The number of fused-ring (bicyclic) bond motifs is 2. The Hall–Kier alpha value is -3.74. The van der Waals surface area contributed by atoms with E-state index in [9.17, 15) is 9.59 Å². The summed E-state index contributed by atoms with van der Waals surface area (Å²) in [6.45, 7) is 1.95. The largest absolute Gasteiger partial charge is 0.339 e. The molecule has 0 bridgehead atoms. The van der Waals surface area contributed by atoms with Crippen molar-refractivity contribution >= 4 is 28.2 Å². The van der Waals surface area contributed by atoms with Crippen molar-refractivity contribution in [3.8, 4) is 0 Å². The van der Waals surface area contributed by atoms with Crippen molar-refractivity contribution in [2.75, 3.05) is 19.6 Å². The van der Waals surface area contributed by atoms with Crippen LogP contribution in [-0.4, -0.2) is 55.8 Å². The van der Waals surface area contributed by atoms with Crippen LogP contribution >= 0.6 is 0 Å². The van der Waals surface area contributed by atoms with Crippen molar-refractivity contribution in [1.82, 2.24) is 24.4 Å². The number of likely N-dealkylation sites (tertiary alicyclic amines) is 2. The Morgan fingerprint density at radius 1 is 0.824 bits per heavy atom.